The van der Waals surface area contributed by atoms with Crippen molar-refractivity contribution in [3.63, 3.8) is 0 Å². The molecule has 2 N–H and O–H groups in total. The zero-order valence-corrected chi connectivity index (χ0v) is 11.8. The van der Waals surface area contributed by atoms with E-state index < -0.39 is 24.0 Å². The first kappa shape index (κ1) is 13.2. The van der Waals surface area contributed by atoms with Gasteiger partial charge in [0.1, 0.15) is 0 Å². The van der Waals surface area contributed by atoms with Crippen molar-refractivity contribution in [2.45, 2.75) is 18.6 Å². The molecule has 0 aromatic heterocycles. The van der Waals surface area contributed by atoms with Crippen LogP contribution in [0.15, 0.2) is 24.3 Å². The van der Waals surface area contributed by atoms with E-state index in [1.54, 1.807) is 24.3 Å². The van der Waals surface area contributed by atoms with Gasteiger partial charge in [-0.25, -0.2) is 4.90 Å². The lowest BCUT2D eigenvalue weighted by molar-refractivity contribution is -0.129. The number of aliphatic hydroxyl groups is 2. The average molecular weight is 308 g/mol. The van der Waals surface area contributed by atoms with Gasteiger partial charge in [0.25, 0.3) is 0 Å². The number of nitrogens with zero attached hydrogens (tertiary/aromatic N) is 1. The number of anilines is 1. The van der Waals surface area contributed by atoms with Crippen LogP contribution < -0.4 is 4.90 Å². The second kappa shape index (κ2) is 4.29. The van der Waals surface area contributed by atoms with E-state index in [9.17, 15) is 19.8 Å². The summed E-state index contributed by atoms with van der Waals surface area (Å²) in [4.78, 5) is 26.4. The van der Waals surface area contributed by atoms with E-state index in [2.05, 4.69) is 0 Å². The number of hydrogen-bond donors (Lipinski definition) is 2. The number of rotatable bonds is 1. The fourth-order valence-corrected chi connectivity index (χ4v) is 4.48. The molecule has 1 aromatic carbocycles. The molecule has 3 fully saturated rings. The third-order valence-corrected chi connectivity index (χ3v) is 5.39. The number of carbonyl (C=O) groups is 2. The first-order chi connectivity index (χ1) is 10.0. The summed E-state index contributed by atoms with van der Waals surface area (Å²) in [5.41, 5.74) is 0.454. The lowest BCUT2D eigenvalue weighted by Crippen LogP contribution is -2.43. The Labute approximate surface area is 126 Å². The van der Waals surface area contributed by atoms with E-state index in [1.807, 2.05) is 0 Å². The van der Waals surface area contributed by atoms with Gasteiger partial charge >= 0.3 is 0 Å². The molecule has 2 aliphatic carbocycles. The molecule has 0 unspecified atom stereocenters. The predicted molar refractivity (Wildman–Crippen MR) is 74.5 cm³/mol. The molecular weight excluding hydrogens is 294 g/mol. The van der Waals surface area contributed by atoms with Crippen molar-refractivity contribution in [1.29, 1.82) is 0 Å². The Kier molecular flexibility index (Phi) is 2.70. The third-order valence-electron chi connectivity index (χ3n) is 5.16. The Morgan fingerprint density at radius 3 is 2.14 bits per heavy atom. The summed E-state index contributed by atoms with van der Waals surface area (Å²) in [5.74, 6) is -2.25. The highest BCUT2D eigenvalue weighted by Gasteiger charge is 2.67. The van der Waals surface area contributed by atoms with Gasteiger partial charge in [-0.05, 0) is 24.6 Å². The molecule has 2 bridgehead atoms. The van der Waals surface area contributed by atoms with Crippen LogP contribution in [0.2, 0.25) is 5.02 Å². The number of imide groups is 1. The van der Waals surface area contributed by atoms with Crippen molar-refractivity contribution in [2.75, 3.05) is 4.90 Å². The van der Waals surface area contributed by atoms with E-state index >= 15 is 0 Å². The second-order valence-electron chi connectivity index (χ2n) is 6.09. The van der Waals surface area contributed by atoms with Gasteiger partial charge in [-0.2, -0.15) is 0 Å². The summed E-state index contributed by atoms with van der Waals surface area (Å²) in [5, 5.41) is 20.4. The lowest BCUT2D eigenvalue weighted by Gasteiger charge is -2.29. The standard InChI is InChI=1S/C15H14ClNO4/c16-6-2-1-3-7(4-6)17-14(20)10-8-5-9(11(10)15(17)21)13(19)12(8)18/h1-4,8-13,18-19H,5H2/t8-,9+,10+,11-,12-,13-/m1/s1. The maximum absolute atomic E-state index is 12.6. The molecule has 6 atom stereocenters. The largest absolute Gasteiger partial charge is 0.390 e. The van der Waals surface area contributed by atoms with Crippen molar-refractivity contribution < 1.29 is 19.8 Å². The average Bonchev–Trinajstić information content (AvgIpc) is 3.04. The van der Waals surface area contributed by atoms with E-state index in [-0.39, 0.29) is 23.7 Å². The summed E-state index contributed by atoms with van der Waals surface area (Å²) in [6.45, 7) is 0. The van der Waals surface area contributed by atoms with Gasteiger partial charge in [-0.3, -0.25) is 9.59 Å². The quantitative estimate of drug-likeness (QED) is 0.753. The monoisotopic (exact) mass is 307 g/mol. The highest BCUT2D eigenvalue weighted by Crippen LogP contribution is 2.56. The lowest BCUT2D eigenvalue weighted by atomic mass is 9.78. The van der Waals surface area contributed by atoms with Gasteiger partial charge in [-0.15, -0.1) is 0 Å². The van der Waals surface area contributed by atoms with Crippen molar-refractivity contribution in [3.05, 3.63) is 29.3 Å². The van der Waals surface area contributed by atoms with Gasteiger partial charge in [0, 0.05) is 16.9 Å². The van der Waals surface area contributed by atoms with Crippen LogP contribution in [-0.2, 0) is 9.59 Å². The Balaban J connectivity index is 1.75. The highest BCUT2D eigenvalue weighted by molar-refractivity contribution is 6.31. The van der Waals surface area contributed by atoms with Gasteiger partial charge in [0.2, 0.25) is 11.8 Å². The number of amides is 2. The number of carbonyl (C=O) groups excluding carboxylic acids is 2. The maximum Gasteiger partial charge on any atom is 0.238 e. The van der Waals surface area contributed by atoms with Gasteiger partial charge in [-0.1, -0.05) is 17.7 Å². The first-order valence-corrected chi connectivity index (χ1v) is 7.38. The molecule has 2 amide bonds. The highest BCUT2D eigenvalue weighted by atomic mass is 35.5. The number of benzene rings is 1. The third kappa shape index (κ3) is 1.59. The van der Waals surface area contributed by atoms with Gasteiger partial charge in [0.05, 0.1) is 29.7 Å². The van der Waals surface area contributed by atoms with Crippen molar-refractivity contribution in [3.8, 4) is 0 Å². The topological polar surface area (TPSA) is 77.8 Å². The number of halogens is 1. The maximum atomic E-state index is 12.6. The Bertz CT molecular complexity index is 616. The molecule has 0 spiro atoms. The molecule has 3 aliphatic rings. The molecule has 110 valence electrons. The summed E-state index contributed by atoms with van der Waals surface area (Å²) in [6.07, 6.45) is -1.28. The Hall–Kier alpha value is -1.43. The summed E-state index contributed by atoms with van der Waals surface area (Å²) >= 11 is 5.93. The smallest absolute Gasteiger partial charge is 0.238 e. The minimum Gasteiger partial charge on any atom is -0.390 e. The zero-order chi connectivity index (χ0) is 14.9. The SMILES string of the molecule is O=C1[C@@H]2[C@@H]3C[C@@H]([C@@H](O)[C@@H]3O)[C@@H]2C(=O)N1c1cccc(Cl)c1. The number of fused-ring (bicyclic) bond motifs is 5. The molecule has 2 saturated carbocycles. The van der Waals surface area contributed by atoms with Crippen LogP contribution in [0.4, 0.5) is 5.69 Å². The molecule has 0 radical (unpaired) electrons. The molecule has 1 heterocycles. The van der Waals surface area contributed by atoms with E-state index in [1.165, 1.54) is 0 Å². The second-order valence-corrected chi connectivity index (χ2v) is 6.52. The molecule has 4 rings (SSSR count). The number of hydrogen-bond acceptors (Lipinski definition) is 4. The van der Waals surface area contributed by atoms with Crippen LogP contribution in [0.25, 0.3) is 0 Å². The minimum atomic E-state index is -0.910. The summed E-state index contributed by atoms with van der Waals surface area (Å²) in [6, 6.07) is 6.60. The van der Waals surface area contributed by atoms with Crippen LogP contribution in [0.5, 0.6) is 0 Å². The zero-order valence-electron chi connectivity index (χ0n) is 11.0. The Morgan fingerprint density at radius 2 is 1.62 bits per heavy atom. The predicted octanol–water partition coefficient (Wildman–Crippen LogP) is 0.817. The Morgan fingerprint density at radius 1 is 1.05 bits per heavy atom. The van der Waals surface area contributed by atoms with Crippen LogP contribution >= 0.6 is 11.6 Å². The molecule has 1 saturated heterocycles. The van der Waals surface area contributed by atoms with E-state index in [4.69, 9.17) is 11.6 Å². The van der Waals surface area contributed by atoms with Crippen molar-refractivity contribution in [2.24, 2.45) is 23.7 Å². The van der Waals surface area contributed by atoms with Crippen LogP contribution in [0.1, 0.15) is 6.42 Å². The fourth-order valence-electron chi connectivity index (χ4n) is 4.30. The van der Waals surface area contributed by atoms with Gasteiger partial charge < -0.3 is 10.2 Å². The van der Waals surface area contributed by atoms with Gasteiger partial charge in [0.15, 0.2) is 0 Å². The van der Waals surface area contributed by atoms with Crippen LogP contribution in [0.3, 0.4) is 0 Å². The molecule has 21 heavy (non-hydrogen) atoms. The van der Waals surface area contributed by atoms with E-state index in [0.717, 1.165) is 4.90 Å². The first-order valence-electron chi connectivity index (χ1n) is 7.00. The fraction of sp³-hybridized carbons (Fsp3) is 0.467. The molecule has 5 nitrogen and oxygen atoms in total. The summed E-state index contributed by atoms with van der Waals surface area (Å²) in [7, 11) is 0. The normalized spacial score (nSPS) is 41.0. The van der Waals surface area contributed by atoms with Crippen molar-refractivity contribution in [1.82, 2.24) is 0 Å². The van der Waals surface area contributed by atoms with Crippen molar-refractivity contribution >= 4 is 29.1 Å². The minimum absolute atomic E-state index is 0.286. The number of aliphatic hydroxyl groups excluding tert-OH is 2. The summed E-state index contributed by atoms with van der Waals surface area (Å²) < 4.78 is 0. The molecular formula is C15H14ClNO4. The van der Waals surface area contributed by atoms with Crippen LogP contribution in [0, 0.1) is 23.7 Å². The van der Waals surface area contributed by atoms with Crippen LogP contribution in [-0.4, -0.2) is 34.2 Å². The molecule has 6 heteroatoms. The molecule has 1 aromatic rings. The van der Waals surface area contributed by atoms with E-state index in [0.29, 0.717) is 17.1 Å². The molecule has 1 aliphatic heterocycles.